The zero-order chi connectivity index (χ0) is 19.4. The minimum Gasteiger partial charge on any atom is -0.296 e. The number of thioether (sulfide) groups is 1. The molecule has 1 N–H and O–H groups in total. The molecule has 0 aliphatic heterocycles. The van der Waals surface area contributed by atoms with Gasteiger partial charge in [-0.3, -0.25) is 10.1 Å². The van der Waals surface area contributed by atoms with Crippen molar-refractivity contribution < 1.29 is 4.79 Å². The van der Waals surface area contributed by atoms with Crippen LogP contribution in [-0.4, -0.2) is 16.1 Å². The lowest BCUT2D eigenvalue weighted by Gasteiger charge is -2.06. The zero-order valence-corrected chi connectivity index (χ0v) is 17.8. The molecule has 1 heterocycles. The Morgan fingerprint density at radius 2 is 1.89 bits per heavy atom. The first kappa shape index (κ1) is 20.1. The summed E-state index contributed by atoms with van der Waals surface area (Å²) in [6.07, 6.45) is 0. The van der Waals surface area contributed by atoms with Gasteiger partial charge in [0.25, 0.3) is 5.91 Å². The third kappa shape index (κ3) is 5.45. The number of nitrogens with zero attached hydrogens (tertiary/aromatic N) is 2. The number of amides is 1. The monoisotopic (exact) mass is 437 g/mol. The second-order valence-corrected chi connectivity index (χ2v) is 9.18. The fraction of sp³-hybridized carbons (Fsp3) is 0.211. The fourth-order valence-corrected chi connectivity index (χ4v) is 4.50. The highest BCUT2D eigenvalue weighted by molar-refractivity contribution is 8.00. The number of hydrogen-bond acceptors (Lipinski definition) is 5. The van der Waals surface area contributed by atoms with E-state index >= 15 is 0 Å². The summed E-state index contributed by atoms with van der Waals surface area (Å²) in [5.41, 5.74) is 2.89. The number of anilines is 1. The molecule has 0 bridgehead atoms. The van der Waals surface area contributed by atoms with Crippen molar-refractivity contribution >= 4 is 57.3 Å². The molecule has 0 fully saturated rings. The van der Waals surface area contributed by atoms with Crippen LogP contribution in [0.5, 0.6) is 0 Å². The second-order valence-electron chi connectivity index (χ2n) is 6.14. The Labute approximate surface area is 176 Å². The van der Waals surface area contributed by atoms with Crippen LogP contribution in [0.2, 0.25) is 10.0 Å². The van der Waals surface area contributed by atoms with Gasteiger partial charge in [-0.15, -0.1) is 10.2 Å². The van der Waals surface area contributed by atoms with Gasteiger partial charge in [0.2, 0.25) is 5.13 Å². The largest absolute Gasteiger partial charge is 0.296 e. The highest BCUT2D eigenvalue weighted by Crippen LogP contribution is 2.29. The predicted molar refractivity (Wildman–Crippen MR) is 114 cm³/mol. The SMILES string of the molecule is CC(C)c1ccc(CSc2nnc(NC(=O)c3ccc(Cl)cc3Cl)s2)cc1. The van der Waals surface area contributed by atoms with Crippen LogP contribution < -0.4 is 5.32 Å². The molecule has 1 amide bonds. The molecular weight excluding hydrogens is 421 g/mol. The van der Waals surface area contributed by atoms with E-state index < -0.39 is 0 Å². The molecular formula is C19H17Cl2N3OS2. The quantitative estimate of drug-likeness (QED) is 0.352. The number of carbonyl (C=O) groups excluding carboxylic acids is 1. The minimum absolute atomic E-state index is 0.295. The van der Waals surface area contributed by atoms with Gasteiger partial charge in [0.05, 0.1) is 10.6 Å². The molecule has 1 aromatic heterocycles. The molecule has 0 radical (unpaired) electrons. The molecule has 3 rings (SSSR count). The van der Waals surface area contributed by atoms with Crippen molar-refractivity contribution in [3.63, 3.8) is 0 Å². The summed E-state index contributed by atoms with van der Waals surface area (Å²) in [5.74, 6) is 0.980. The van der Waals surface area contributed by atoms with E-state index in [9.17, 15) is 4.79 Å². The van der Waals surface area contributed by atoms with Crippen LogP contribution in [0.25, 0.3) is 0 Å². The van der Waals surface area contributed by atoms with Crippen LogP contribution in [0.4, 0.5) is 5.13 Å². The third-order valence-electron chi connectivity index (χ3n) is 3.81. The second kappa shape index (κ2) is 9.06. The molecule has 0 saturated carbocycles. The first-order valence-electron chi connectivity index (χ1n) is 8.24. The Bertz CT molecular complexity index is 942. The maximum absolute atomic E-state index is 12.3. The lowest BCUT2D eigenvalue weighted by Crippen LogP contribution is -2.12. The summed E-state index contributed by atoms with van der Waals surface area (Å²) in [7, 11) is 0. The van der Waals surface area contributed by atoms with E-state index in [1.807, 2.05) is 0 Å². The molecule has 0 saturated heterocycles. The maximum Gasteiger partial charge on any atom is 0.259 e. The Morgan fingerprint density at radius 3 is 2.56 bits per heavy atom. The van der Waals surface area contributed by atoms with Gasteiger partial charge in [-0.05, 0) is 35.2 Å². The number of rotatable bonds is 6. The summed E-state index contributed by atoms with van der Waals surface area (Å²) in [5, 5.41) is 12.1. The van der Waals surface area contributed by atoms with Gasteiger partial charge in [0.1, 0.15) is 0 Å². The van der Waals surface area contributed by atoms with Crippen LogP contribution >= 0.6 is 46.3 Å². The summed E-state index contributed by atoms with van der Waals surface area (Å²) in [6.45, 7) is 4.36. The first-order chi connectivity index (χ1) is 12.9. The molecule has 0 atom stereocenters. The van der Waals surface area contributed by atoms with Crippen LogP contribution in [0.15, 0.2) is 46.8 Å². The van der Waals surface area contributed by atoms with Crippen molar-refractivity contribution in [1.82, 2.24) is 10.2 Å². The Morgan fingerprint density at radius 1 is 1.15 bits per heavy atom. The van der Waals surface area contributed by atoms with Crippen molar-refractivity contribution in [2.75, 3.05) is 5.32 Å². The first-order valence-corrected chi connectivity index (χ1v) is 10.8. The number of nitrogens with one attached hydrogen (secondary N) is 1. The number of aromatic nitrogens is 2. The van der Waals surface area contributed by atoms with Crippen LogP contribution in [0, 0.1) is 0 Å². The fourth-order valence-electron chi connectivity index (χ4n) is 2.30. The standard InChI is InChI=1S/C19H17Cl2N3OS2/c1-11(2)13-5-3-12(4-6-13)10-26-19-24-23-18(27-19)22-17(25)15-8-7-14(20)9-16(15)21/h3-9,11H,10H2,1-2H3,(H,22,23,25). The molecule has 0 aliphatic rings. The van der Waals surface area contributed by atoms with Gasteiger partial charge >= 0.3 is 0 Å². The van der Waals surface area contributed by atoms with E-state index in [4.69, 9.17) is 23.2 Å². The van der Waals surface area contributed by atoms with Crippen LogP contribution in [-0.2, 0) is 5.75 Å². The summed E-state index contributed by atoms with van der Waals surface area (Å²) >= 11 is 14.8. The molecule has 2 aromatic carbocycles. The Hall–Kier alpha value is -1.60. The Kier molecular flexibility index (Phi) is 6.76. The number of benzene rings is 2. The van der Waals surface area contributed by atoms with Crippen molar-refractivity contribution in [2.45, 2.75) is 29.9 Å². The average Bonchev–Trinajstić information content (AvgIpc) is 3.07. The Balaban J connectivity index is 1.58. The molecule has 0 aliphatic carbocycles. The normalized spacial score (nSPS) is 11.0. The smallest absolute Gasteiger partial charge is 0.259 e. The van der Waals surface area contributed by atoms with Crippen LogP contribution in [0.1, 0.15) is 41.3 Å². The van der Waals surface area contributed by atoms with Gasteiger partial charge in [-0.1, -0.05) is 84.4 Å². The van der Waals surface area contributed by atoms with Gasteiger partial charge in [-0.25, -0.2) is 0 Å². The zero-order valence-electron chi connectivity index (χ0n) is 14.7. The van der Waals surface area contributed by atoms with Gasteiger partial charge in [-0.2, -0.15) is 0 Å². The summed E-state index contributed by atoms with van der Waals surface area (Å²) in [6, 6.07) is 13.3. The maximum atomic E-state index is 12.3. The van der Waals surface area contributed by atoms with Crippen molar-refractivity contribution in [3.8, 4) is 0 Å². The summed E-state index contributed by atoms with van der Waals surface area (Å²) in [4.78, 5) is 12.3. The van der Waals surface area contributed by atoms with E-state index in [-0.39, 0.29) is 5.91 Å². The van der Waals surface area contributed by atoms with Gasteiger partial charge in [0, 0.05) is 10.8 Å². The van der Waals surface area contributed by atoms with E-state index in [2.05, 4.69) is 53.6 Å². The predicted octanol–water partition coefficient (Wildman–Crippen LogP) is 6.51. The number of halogens is 2. The minimum atomic E-state index is -0.339. The molecule has 27 heavy (non-hydrogen) atoms. The van der Waals surface area contributed by atoms with E-state index in [1.165, 1.54) is 28.5 Å². The molecule has 0 unspecified atom stereocenters. The number of carbonyl (C=O) groups is 1. The lowest BCUT2D eigenvalue weighted by molar-refractivity contribution is 0.102. The summed E-state index contributed by atoms with van der Waals surface area (Å²) < 4.78 is 0.792. The van der Waals surface area contributed by atoms with Crippen molar-refractivity contribution in [2.24, 2.45) is 0 Å². The highest BCUT2D eigenvalue weighted by Gasteiger charge is 2.14. The van der Waals surface area contributed by atoms with Crippen molar-refractivity contribution in [3.05, 3.63) is 69.2 Å². The topological polar surface area (TPSA) is 54.9 Å². The average molecular weight is 438 g/mol. The van der Waals surface area contributed by atoms with E-state index in [0.717, 1.165) is 10.1 Å². The molecule has 4 nitrogen and oxygen atoms in total. The van der Waals surface area contributed by atoms with E-state index in [1.54, 1.807) is 23.9 Å². The van der Waals surface area contributed by atoms with Gasteiger partial charge in [0.15, 0.2) is 4.34 Å². The molecule has 8 heteroatoms. The molecule has 3 aromatic rings. The van der Waals surface area contributed by atoms with Gasteiger partial charge < -0.3 is 0 Å². The van der Waals surface area contributed by atoms with Crippen LogP contribution in [0.3, 0.4) is 0 Å². The molecule has 0 spiro atoms. The molecule has 140 valence electrons. The number of hydrogen-bond donors (Lipinski definition) is 1. The third-order valence-corrected chi connectivity index (χ3v) is 6.40. The lowest BCUT2D eigenvalue weighted by atomic mass is 10.0. The highest BCUT2D eigenvalue weighted by atomic mass is 35.5. The van der Waals surface area contributed by atoms with Crippen molar-refractivity contribution in [1.29, 1.82) is 0 Å². The van der Waals surface area contributed by atoms with E-state index in [0.29, 0.717) is 26.7 Å².